The summed E-state index contributed by atoms with van der Waals surface area (Å²) in [5.41, 5.74) is 3.57. The van der Waals surface area contributed by atoms with Crippen molar-refractivity contribution in [3.63, 3.8) is 0 Å². The lowest BCUT2D eigenvalue weighted by Crippen LogP contribution is -2.64. The highest BCUT2D eigenvalue weighted by atomic mass is 16.5. The average Bonchev–Trinajstić information content (AvgIpc) is 3.43. The summed E-state index contributed by atoms with van der Waals surface area (Å²) < 4.78 is 12.1. The lowest BCUT2D eigenvalue weighted by Gasteiger charge is -2.55. The van der Waals surface area contributed by atoms with Crippen molar-refractivity contribution in [2.24, 2.45) is 11.8 Å². The van der Waals surface area contributed by atoms with Gasteiger partial charge in [0.05, 0.1) is 12.5 Å². The quantitative estimate of drug-likeness (QED) is 0.887. The zero-order valence-electron chi connectivity index (χ0n) is 16.0. The van der Waals surface area contributed by atoms with Gasteiger partial charge in [-0.2, -0.15) is 0 Å². The van der Waals surface area contributed by atoms with Crippen LogP contribution in [-0.4, -0.2) is 50.1 Å². The Bertz CT molecular complexity index is 875. The van der Waals surface area contributed by atoms with Crippen LogP contribution in [-0.2, 0) is 16.6 Å². The van der Waals surface area contributed by atoms with E-state index in [0.29, 0.717) is 12.0 Å². The summed E-state index contributed by atoms with van der Waals surface area (Å²) in [6.45, 7) is 2.03. The Morgan fingerprint density at radius 2 is 2.26 bits per heavy atom. The largest absolute Gasteiger partial charge is 0.493 e. The topological polar surface area (TPSA) is 50.8 Å². The van der Waals surface area contributed by atoms with Crippen LogP contribution >= 0.6 is 0 Å². The number of ether oxygens (including phenoxy) is 2. The standard InChI is InChI=1S/C22H26N2O3/c1-24-8-7-22-14-5-6-17(25)21(22)27-20-18(26-2)10-15(23-11-12-3-4-12)13(19(20)22)9-16(14)24/h5-6,10,12,14,16,21,23H,3-4,7-9,11H2,1-2H3/t14-,16+,21-,22-/m0/s1. The monoisotopic (exact) mass is 366 g/mol. The minimum absolute atomic E-state index is 0.105. The predicted octanol–water partition coefficient (Wildman–Crippen LogP) is 2.53. The first-order chi connectivity index (χ1) is 13.1. The summed E-state index contributed by atoms with van der Waals surface area (Å²) >= 11 is 0. The zero-order chi connectivity index (χ0) is 18.3. The maximum absolute atomic E-state index is 12.8. The van der Waals surface area contributed by atoms with Crippen molar-refractivity contribution in [3.05, 3.63) is 29.3 Å². The third-order valence-corrected chi connectivity index (χ3v) is 7.61. The van der Waals surface area contributed by atoms with E-state index < -0.39 is 6.10 Å². The van der Waals surface area contributed by atoms with Gasteiger partial charge in [0, 0.05) is 35.8 Å². The van der Waals surface area contributed by atoms with E-state index in [2.05, 4.69) is 29.4 Å². The molecule has 0 aromatic heterocycles. The molecule has 1 aromatic carbocycles. The number of nitrogens with one attached hydrogen (secondary N) is 1. The molecule has 5 heteroatoms. The smallest absolute Gasteiger partial charge is 0.196 e. The number of ketones is 1. The molecule has 2 fully saturated rings. The van der Waals surface area contributed by atoms with Crippen molar-refractivity contribution >= 4 is 11.5 Å². The van der Waals surface area contributed by atoms with Crippen LogP contribution in [0.5, 0.6) is 11.5 Å². The predicted molar refractivity (Wildman–Crippen MR) is 103 cm³/mol. The van der Waals surface area contributed by atoms with Crippen LogP contribution in [0.1, 0.15) is 30.4 Å². The summed E-state index contributed by atoms with van der Waals surface area (Å²) in [5, 5.41) is 3.71. The van der Waals surface area contributed by atoms with E-state index in [-0.39, 0.29) is 11.2 Å². The van der Waals surface area contributed by atoms with Crippen molar-refractivity contribution in [3.8, 4) is 11.5 Å². The molecule has 2 aliphatic heterocycles. The van der Waals surface area contributed by atoms with Crippen molar-refractivity contribution in [1.82, 2.24) is 4.90 Å². The number of methoxy groups -OCH3 is 1. The van der Waals surface area contributed by atoms with Gasteiger partial charge in [-0.05, 0) is 56.8 Å². The van der Waals surface area contributed by atoms with Crippen LogP contribution < -0.4 is 14.8 Å². The van der Waals surface area contributed by atoms with E-state index >= 15 is 0 Å². The number of likely N-dealkylation sites (tertiary alicyclic amines) is 1. The molecule has 1 saturated heterocycles. The molecule has 0 unspecified atom stereocenters. The fourth-order valence-electron chi connectivity index (χ4n) is 6.04. The maximum atomic E-state index is 12.8. The first-order valence-electron chi connectivity index (χ1n) is 10.2. The van der Waals surface area contributed by atoms with Gasteiger partial charge in [0.15, 0.2) is 23.4 Å². The molecule has 5 aliphatic rings. The third-order valence-electron chi connectivity index (χ3n) is 7.61. The molecule has 2 bridgehead atoms. The molecule has 2 heterocycles. The van der Waals surface area contributed by atoms with E-state index in [1.165, 1.54) is 29.7 Å². The van der Waals surface area contributed by atoms with Gasteiger partial charge in [-0.1, -0.05) is 6.08 Å². The Labute approximate surface area is 159 Å². The highest BCUT2D eigenvalue weighted by molar-refractivity contribution is 5.98. The van der Waals surface area contributed by atoms with Crippen molar-refractivity contribution < 1.29 is 14.3 Å². The molecule has 142 valence electrons. The SMILES string of the molecule is COc1cc(NCC2CC2)c2c3c1O[C@H]1C(=O)C=C[C@H]4[C@@H](C2)N(C)CC[C@]314. The van der Waals surface area contributed by atoms with Gasteiger partial charge >= 0.3 is 0 Å². The van der Waals surface area contributed by atoms with Gasteiger partial charge in [0.1, 0.15) is 0 Å². The van der Waals surface area contributed by atoms with E-state index in [1.54, 1.807) is 13.2 Å². The van der Waals surface area contributed by atoms with Crippen LogP contribution in [0.4, 0.5) is 5.69 Å². The number of carbonyl (C=O) groups excluding carboxylic acids is 1. The van der Waals surface area contributed by atoms with Gasteiger partial charge in [-0.3, -0.25) is 4.79 Å². The summed E-state index contributed by atoms with van der Waals surface area (Å²) in [4.78, 5) is 15.3. The number of piperidine rings is 1. The number of carbonyl (C=O) groups is 1. The molecular weight excluding hydrogens is 340 g/mol. The zero-order valence-corrected chi connectivity index (χ0v) is 16.0. The van der Waals surface area contributed by atoms with Crippen LogP contribution in [0.25, 0.3) is 0 Å². The highest BCUT2D eigenvalue weighted by Crippen LogP contribution is 2.63. The molecule has 1 saturated carbocycles. The Balaban J connectivity index is 1.58. The molecule has 0 amide bonds. The van der Waals surface area contributed by atoms with E-state index in [4.69, 9.17) is 9.47 Å². The Morgan fingerprint density at radius 3 is 3.04 bits per heavy atom. The summed E-state index contributed by atoms with van der Waals surface area (Å²) in [5.74, 6) is 2.82. The molecule has 6 rings (SSSR count). The Morgan fingerprint density at radius 1 is 1.41 bits per heavy atom. The lowest BCUT2D eigenvalue weighted by molar-refractivity contribution is -0.127. The Kier molecular flexibility index (Phi) is 3.13. The van der Waals surface area contributed by atoms with Crippen molar-refractivity contribution in [2.45, 2.75) is 43.2 Å². The average molecular weight is 366 g/mol. The van der Waals surface area contributed by atoms with Crippen LogP contribution in [0.15, 0.2) is 18.2 Å². The van der Waals surface area contributed by atoms with Crippen molar-refractivity contribution in [1.29, 1.82) is 0 Å². The summed E-state index contributed by atoms with van der Waals surface area (Å²) in [6.07, 6.45) is 8.13. The number of likely N-dealkylation sites (N-methyl/N-ethyl adjacent to an activating group) is 1. The molecule has 0 radical (unpaired) electrons. The number of hydrogen-bond acceptors (Lipinski definition) is 5. The second kappa shape index (κ2) is 5.28. The number of rotatable bonds is 4. The summed E-state index contributed by atoms with van der Waals surface area (Å²) in [7, 11) is 3.92. The number of anilines is 1. The second-order valence-electron chi connectivity index (χ2n) is 8.96. The second-order valence-corrected chi connectivity index (χ2v) is 8.96. The lowest BCUT2D eigenvalue weighted by atomic mass is 9.53. The molecular formula is C22H26N2O3. The van der Waals surface area contributed by atoms with Gasteiger partial charge < -0.3 is 19.7 Å². The molecule has 5 nitrogen and oxygen atoms in total. The van der Waals surface area contributed by atoms with Crippen LogP contribution in [0.3, 0.4) is 0 Å². The maximum Gasteiger partial charge on any atom is 0.196 e. The van der Waals surface area contributed by atoms with Gasteiger partial charge in [0.2, 0.25) is 0 Å². The van der Waals surface area contributed by atoms with Crippen LogP contribution in [0, 0.1) is 11.8 Å². The highest BCUT2D eigenvalue weighted by Gasteiger charge is 2.64. The number of hydrogen-bond donors (Lipinski definition) is 1. The number of benzene rings is 1. The third kappa shape index (κ3) is 1.96. The van der Waals surface area contributed by atoms with Gasteiger partial charge in [0.25, 0.3) is 0 Å². The minimum Gasteiger partial charge on any atom is -0.493 e. The Hall–Kier alpha value is -2.01. The summed E-state index contributed by atoms with van der Waals surface area (Å²) in [6, 6.07) is 2.51. The fourth-order valence-corrected chi connectivity index (χ4v) is 6.04. The molecule has 4 atom stereocenters. The first kappa shape index (κ1) is 16.0. The van der Waals surface area contributed by atoms with Crippen molar-refractivity contribution in [2.75, 3.05) is 32.6 Å². The normalized spacial score (nSPS) is 35.6. The van der Waals surface area contributed by atoms with E-state index in [1.807, 2.05) is 0 Å². The minimum atomic E-state index is -0.398. The van der Waals surface area contributed by atoms with E-state index in [0.717, 1.165) is 43.3 Å². The molecule has 3 aliphatic carbocycles. The first-order valence-corrected chi connectivity index (χ1v) is 10.2. The van der Waals surface area contributed by atoms with E-state index in [9.17, 15) is 4.79 Å². The number of nitrogens with zero attached hydrogens (tertiary/aromatic N) is 1. The van der Waals surface area contributed by atoms with Gasteiger partial charge in [-0.15, -0.1) is 0 Å². The molecule has 27 heavy (non-hydrogen) atoms. The molecule has 1 N–H and O–H groups in total. The van der Waals surface area contributed by atoms with Gasteiger partial charge in [-0.25, -0.2) is 0 Å². The van der Waals surface area contributed by atoms with Crippen LogP contribution in [0.2, 0.25) is 0 Å². The molecule has 1 spiro atoms. The molecule has 1 aromatic rings. The fraction of sp³-hybridized carbons (Fsp3) is 0.591.